The molecule has 1 fully saturated rings. The molecule has 2 rings (SSSR count). The molecular weight excluding hydrogens is 430 g/mol. The summed E-state index contributed by atoms with van der Waals surface area (Å²) in [6.45, 7) is 18.2. The number of ether oxygens (including phenoxy) is 2. The van der Waals surface area contributed by atoms with E-state index < -0.39 is 32.4 Å². The summed E-state index contributed by atoms with van der Waals surface area (Å²) in [7, 11) is -2.02. The van der Waals surface area contributed by atoms with Gasteiger partial charge in [-0.1, -0.05) is 38.5 Å². The van der Waals surface area contributed by atoms with Gasteiger partial charge < -0.3 is 19.2 Å². The third-order valence-electron chi connectivity index (χ3n) is 5.82. The van der Waals surface area contributed by atoms with Crippen molar-refractivity contribution >= 4 is 31.1 Å². The molecule has 6 nitrogen and oxygen atoms in total. The van der Waals surface area contributed by atoms with Crippen molar-refractivity contribution in [1.82, 2.24) is 5.32 Å². The van der Waals surface area contributed by atoms with E-state index in [4.69, 9.17) is 13.9 Å². The second-order valence-corrected chi connectivity index (χ2v) is 16.0. The van der Waals surface area contributed by atoms with Gasteiger partial charge in [0.05, 0.1) is 6.61 Å². The molecule has 3 atom stereocenters. The summed E-state index contributed by atoms with van der Waals surface area (Å²) in [5.41, 5.74) is 1.12. The predicted octanol–water partition coefficient (Wildman–Crippen LogP) is 4.66. The Hall–Kier alpha value is -1.19. The van der Waals surface area contributed by atoms with Crippen molar-refractivity contribution in [3.63, 3.8) is 0 Å². The summed E-state index contributed by atoms with van der Waals surface area (Å²) in [5.74, 6) is -1.17. The van der Waals surface area contributed by atoms with Crippen LogP contribution in [-0.2, 0) is 23.5 Å². The highest BCUT2D eigenvalue weighted by atomic mass is 32.2. The van der Waals surface area contributed by atoms with Gasteiger partial charge in [0.15, 0.2) is 14.1 Å². The van der Waals surface area contributed by atoms with Crippen LogP contribution in [0, 0.1) is 6.92 Å². The molecule has 8 heteroatoms. The van der Waals surface area contributed by atoms with Gasteiger partial charge in [0.2, 0.25) is 11.0 Å². The third kappa shape index (κ3) is 7.15. The van der Waals surface area contributed by atoms with Crippen LogP contribution in [0.2, 0.25) is 18.1 Å². The van der Waals surface area contributed by atoms with Crippen LogP contribution in [0.1, 0.15) is 47.1 Å². The molecule has 0 saturated carbocycles. The smallest absolute Gasteiger partial charge is 0.218 e. The second-order valence-electron chi connectivity index (χ2n) is 10.1. The number of nitrogens with one attached hydrogen (secondary N) is 1. The van der Waals surface area contributed by atoms with E-state index in [0.717, 1.165) is 22.2 Å². The molecule has 0 radical (unpaired) electrons. The highest BCUT2D eigenvalue weighted by molar-refractivity contribution is 8.13. The molecule has 174 valence electrons. The van der Waals surface area contributed by atoms with Gasteiger partial charge >= 0.3 is 0 Å². The summed E-state index contributed by atoms with van der Waals surface area (Å²) in [6, 6.07) is 6.86. The molecule has 1 aromatic rings. The zero-order chi connectivity index (χ0) is 23.6. The lowest BCUT2D eigenvalue weighted by Crippen LogP contribution is -2.53. The van der Waals surface area contributed by atoms with E-state index in [1.54, 1.807) is 0 Å². The van der Waals surface area contributed by atoms with Crippen molar-refractivity contribution in [2.45, 2.75) is 95.5 Å². The molecule has 1 amide bonds. The first-order valence-electron chi connectivity index (χ1n) is 10.7. The molecule has 1 saturated heterocycles. The Morgan fingerprint density at radius 3 is 2.29 bits per heavy atom. The number of thioether (sulfide) groups is 1. The van der Waals surface area contributed by atoms with E-state index in [1.165, 1.54) is 6.92 Å². The van der Waals surface area contributed by atoms with Gasteiger partial charge in [0.1, 0.15) is 18.2 Å². The molecule has 0 aromatic heterocycles. The lowest BCUT2D eigenvalue weighted by Gasteiger charge is -2.37. The van der Waals surface area contributed by atoms with Gasteiger partial charge in [-0.25, -0.2) is 0 Å². The Morgan fingerprint density at radius 2 is 1.77 bits per heavy atom. The molecule has 0 unspecified atom stereocenters. The maximum Gasteiger partial charge on any atom is 0.218 e. The van der Waals surface area contributed by atoms with Crippen LogP contribution < -0.4 is 5.32 Å². The van der Waals surface area contributed by atoms with E-state index in [0.29, 0.717) is 6.61 Å². The molecule has 0 bridgehead atoms. The SMILES string of the molecule is CC(=O)N[C@@H](C(=O)Sc1ccc(C)cc1)[C@@H]1OC(C)(C)O[C@H]1CO[Si](C)(C)C(C)(C)C. The first-order chi connectivity index (χ1) is 14.1. The minimum absolute atomic E-state index is 0.0472. The van der Waals surface area contributed by atoms with Crippen LogP contribution in [0.25, 0.3) is 0 Å². The fourth-order valence-corrected chi connectivity index (χ4v) is 4.90. The number of rotatable bonds is 7. The molecule has 1 aliphatic heterocycles. The number of aryl methyl sites for hydroxylation is 1. The van der Waals surface area contributed by atoms with E-state index >= 15 is 0 Å². The third-order valence-corrected chi connectivity index (χ3v) is 11.3. The van der Waals surface area contributed by atoms with Crippen molar-refractivity contribution in [2.24, 2.45) is 0 Å². The topological polar surface area (TPSA) is 73.9 Å². The fourth-order valence-electron chi connectivity index (χ4n) is 3.06. The van der Waals surface area contributed by atoms with Crippen molar-refractivity contribution in [3.8, 4) is 0 Å². The van der Waals surface area contributed by atoms with Crippen molar-refractivity contribution in [3.05, 3.63) is 29.8 Å². The minimum atomic E-state index is -2.02. The average molecular weight is 468 g/mol. The predicted molar refractivity (Wildman–Crippen MR) is 127 cm³/mol. The first kappa shape index (κ1) is 26.1. The van der Waals surface area contributed by atoms with Crippen LogP contribution >= 0.6 is 11.8 Å². The molecule has 1 N–H and O–H groups in total. The number of carbonyl (C=O) groups excluding carboxylic acids is 2. The number of hydrogen-bond donors (Lipinski definition) is 1. The van der Waals surface area contributed by atoms with E-state index in [2.05, 4.69) is 39.2 Å². The standard InChI is InChI=1S/C23H37NO5SSi/c1-15-10-12-17(13-11-15)30-21(26)19(24-16(2)25)20-18(28-23(6,7)29-20)14-27-31(8,9)22(3,4)5/h10-13,18-20H,14H2,1-9H3,(H,24,25)/t18-,19+,20+/m0/s1. The van der Waals surface area contributed by atoms with Gasteiger partial charge in [-0.15, -0.1) is 0 Å². The normalized spacial score (nSPS) is 22.2. The number of benzene rings is 1. The largest absolute Gasteiger partial charge is 0.414 e. The zero-order valence-corrected chi connectivity index (χ0v) is 22.0. The van der Waals surface area contributed by atoms with Crippen molar-refractivity contribution in [1.29, 1.82) is 0 Å². The molecule has 1 heterocycles. The zero-order valence-electron chi connectivity index (χ0n) is 20.2. The summed E-state index contributed by atoms with van der Waals surface area (Å²) in [4.78, 5) is 26.0. The van der Waals surface area contributed by atoms with Gasteiger partial charge in [-0.05, 0) is 62.8 Å². The van der Waals surface area contributed by atoms with Crippen LogP contribution in [0.15, 0.2) is 29.2 Å². The Balaban J connectivity index is 2.23. The van der Waals surface area contributed by atoms with Crippen LogP contribution in [0.3, 0.4) is 0 Å². The van der Waals surface area contributed by atoms with Gasteiger partial charge in [0.25, 0.3) is 0 Å². The van der Waals surface area contributed by atoms with Crippen molar-refractivity contribution in [2.75, 3.05) is 6.61 Å². The van der Waals surface area contributed by atoms with Crippen LogP contribution in [-0.4, -0.2) is 50.0 Å². The highest BCUT2D eigenvalue weighted by Crippen LogP contribution is 2.38. The maximum absolute atomic E-state index is 13.2. The number of carbonyl (C=O) groups is 2. The van der Waals surface area contributed by atoms with Gasteiger partial charge in [-0.2, -0.15) is 0 Å². The van der Waals surface area contributed by atoms with E-state index in [1.807, 2.05) is 45.0 Å². The Labute approximate surface area is 191 Å². The monoisotopic (exact) mass is 467 g/mol. The molecule has 0 spiro atoms. The van der Waals surface area contributed by atoms with E-state index in [9.17, 15) is 9.59 Å². The minimum Gasteiger partial charge on any atom is -0.414 e. The summed E-state index contributed by atoms with van der Waals surface area (Å²) in [6.07, 6.45) is -1.11. The fraction of sp³-hybridized carbons (Fsp3) is 0.652. The summed E-state index contributed by atoms with van der Waals surface area (Å²) >= 11 is 1.10. The Bertz CT molecular complexity index is 788. The molecule has 0 aliphatic carbocycles. The summed E-state index contributed by atoms with van der Waals surface area (Å²) < 4.78 is 18.6. The highest BCUT2D eigenvalue weighted by Gasteiger charge is 2.49. The summed E-state index contributed by atoms with van der Waals surface area (Å²) in [5, 5.41) is 2.65. The number of hydrogen-bond acceptors (Lipinski definition) is 6. The van der Waals surface area contributed by atoms with Gasteiger partial charge in [-0.3, -0.25) is 9.59 Å². The molecule has 1 aromatic carbocycles. The lowest BCUT2D eigenvalue weighted by molar-refractivity contribution is -0.152. The first-order valence-corrected chi connectivity index (χ1v) is 14.4. The number of amides is 1. The lowest BCUT2D eigenvalue weighted by atomic mass is 10.1. The molecular formula is C23H37NO5SSi. The Morgan fingerprint density at radius 1 is 1.19 bits per heavy atom. The Kier molecular flexibility index (Phi) is 8.19. The second kappa shape index (κ2) is 9.75. The van der Waals surface area contributed by atoms with E-state index in [-0.39, 0.29) is 16.1 Å². The van der Waals surface area contributed by atoms with Gasteiger partial charge in [0, 0.05) is 11.8 Å². The van der Waals surface area contributed by atoms with Crippen molar-refractivity contribution < 1.29 is 23.5 Å². The van der Waals surface area contributed by atoms with Crippen LogP contribution in [0.5, 0.6) is 0 Å². The molecule has 31 heavy (non-hydrogen) atoms. The molecule has 1 aliphatic rings. The maximum atomic E-state index is 13.2. The quantitative estimate of drug-likeness (QED) is 0.464. The average Bonchev–Trinajstić information content (AvgIpc) is 2.93. The van der Waals surface area contributed by atoms with Crippen LogP contribution in [0.4, 0.5) is 0 Å².